The van der Waals surface area contributed by atoms with Crippen LogP contribution in [0.1, 0.15) is 19.3 Å². The van der Waals surface area contributed by atoms with Crippen LogP contribution in [0.3, 0.4) is 0 Å². The molecule has 0 aromatic rings. The minimum atomic E-state index is 0.197. The van der Waals surface area contributed by atoms with E-state index in [2.05, 4.69) is 10.5 Å². The molecular formula is C8H14N2O2. The van der Waals surface area contributed by atoms with Crippen molar-refractivity contribution in [3.8, 4) is 0 Å². The second kappa shape index (κ2) is 3.31. The topological polar surface area (TPSA) is 42.9 Å². The van der Waals surface area contributed by atoms with E-state index in [4.69, 9.17) is 9.57 Å². The molecule has 0 aliphatic carbocycles. The first-order valence-corrected chi connectivity index (χ1v) is 4.40. The molecule has 0 saturated carbocycles. The van der Waals surface area contributed by atoms with Crippen molar-refractivity contribution in [3.05, 3.63) is 0 Å². The van der Waals surface area contributed by atoms with Crippen LogP contribution in [0.4, 0.5) is 0 Å². The second-order valence-corrected chi connectivity index (χ2v) is 3.24. The molecule has 4 heteroatoms. The predicted molar refractivity (Wildman–Crippen MR) is 45.0 cm³/mol. The third-order valence-electron chi connectivity index (χ3n) is 2.45. The molecule has 2 heterocycles. The number of nitrogens with one attached hydrogen (secondary N) is 1. The van der Waals surface area contributed by atoms with E-state index in [1.807, 2.05) is 0 Å². The van der Waals surface area contributed by atoms with Crippen molar-refractivity contribution in [2.75, 3.05) is 13.7 Å². The SMILES string of the molecule is COC1=NOC(C2CCCN2)C1. The maximum absolute atomic E-state index is 5.24. The summed E-state index contributed by atoms with van der Waals surface area (Å²) in [6.07, 6.45) is 3.44. The van der Waals surface area contributed by atoms with Crippen LogP contribution in [-0.4, -0.2) is 31.7 Å². The van der Waals surface area contributed by atoms with Gasteiger partial charge in [0.15, 0.2) is 6.10 Å². The zero-order valence-corrected chi connectivity index (χ0v) is 7.25. The molecule has 2 unspecified atom stereocenters. The molecule has 0 spiro atoms. The third-order valence-corrected chi connectivity index (χ3v) is 2.45. The fraction of sp³-hybridized carbons (Fsp3) is 0.875. The molecule has 1 saturated heterocycles. The standard InChI is InChI=1S/C8H14N2O2/c1-11-8-5-7(12-10-8)6-3-2-4-9-6/h6-7,9H,2-5H2,1H3. The number of nitrogens with zero attached hydrogens (tertiary/aromatic N) is 1. The molecule has 2 aliphatic rings. The minimum Gasteiger partial charge on any atom is -0.482 e. The smallest absolute Gasteiger partial charge is 0.229 e. The van der Waals surface area contributed by atoms with Gasteiger partial charge in [0.25, 0.3) is 0 Å². The van der Waals surface area contributed by atoms with Gasteiger partial charge in [0, 0.05) is 6.04 Å². The lowest BCUT2D eigenvalue weighted by Gasteiger charge is -2.15. The molecule has 0 aromatic heterocycles. The zero-order valence-electron chi connectivity index (χ0n) is 7.25. The van der Waals surface area contributed by atoms with Gasteiger partial charge in [0.1, 0.15) is 0 Å². The molecule has 2 rings (SSSR count). The number of hydrogen-bond donors (Lipinski definition) is 1. The van der Waals surface area contributed by atoms with E-state index in [0.29, 0.717) is 11.9 Å². The lowest BCUT2D eigenvalue weighted by molar-refractivity contribution is 0.0604. The molecule has 2 aliphatic heterocycles. The van der Waals surface area contributed by atoms with Gasteiger partial charge in [-0.1, -0.05) is 5.16 Å². The highest BCUT2D eigenvalue weighted by Crippen LogP contribution is 2.20. The normalized spacial score (nSPS) is 34.6. The maximum Gasteiger partial charge on any atom is 0.229 e. The molecule has 68 valence electrons. The molecule has 12 heavy (non-hydrogen) atoms. The van der Waals surface area contributed by atoms with Gasteiger partial charge in [-0.3, -0.25) is 0 Å². The van der Waals surface area contributed by atoms with Crippen LogP contribution in [0.5, 0.6) is 0 Å². The Morgan fingerprint density at radius 1 is 1.67 bits per heavy atom. The van der Waals surface area contributed by atoms with Crippen molar-refractivity contribution in [3.63, 3.8) is 0 Å². The quantitative estimate of drug-likeness (QED) is 0.622. The van der Waals surface area contributed by atoms with E-state index in [-0.39, 0.29) is 6.10 Å². The Bertz CT molecular complexity index is 187. The van der Waals surface area contributed by atoms with Gasteiger partial charge in [0.2, 0.25) is 5.90 Å². The average molecular weight is 170 g/mol. The average Bonchev–Trinajstić information content (AvgIpc) is 2.75. The van der Waals surface area contributed by atoms with Gasteiger partial charge in [0.05, 0.1) is 13.5 Å². The van der Waals surface area contributed by atoms with Crippen molar-refractivity contribution in [2.24, 2.45) is 5.16 Å². The number of oxime groups is 1. The number of rotatable bonds is 1. The van der Waals surface area contributed by atoms with Gasteiger partial charge in [-0.2, -0.15) is 0 Å². The summed E-state index contributed by atoms with van der Waals surface area (Å²) in [5.74, 6) is 0.716. The Kier molecular flexibility index (Phi) is 2.17. The van der Waals surface area contributed by atoms with Crippen molar-refractivity contribution in [1.82, 2.24) is 5.32 Å². The fourth-order valence-corrected chi connectivity index (χ4v) is 1.74. The van der Waals surface area contributed by atoms with Crippen molar-refractivity contribution < 1.29 is 9.57 Å². The fourth-order valence-electron chi connectivity index (χ4n) is 1.74. The summed E-state index contributed by atoms with van der Waals surface area (Å²) in [7, 11) is 1.63. The van der Waals surface area contributed by atoms with Gasteiger partial charge < -0.3 is 14.9 Å². The maximum atomic E-state index is 5.24. The Morgan fingerprint density at radius 3 is 3.17 bits per heavy atom. The number of hydrogen-bond acceptors (Lipinski definition) is 4. The molecule has 4 nitrogen and oxygen atoms in total. The predicted octanol–water partition coefficient (Wildman–Crippen LogP) is 0.487. The van der Waals surface area contributed by atoms with Crippen LogP contribution >= 0.6 is 0 Å². The van der Waals surface area contributed by atoms with Gasteiger partial charge in [-0.15, -0.1) is 0 Å². The van der Waals surface area contributed by atoms with Crippen LogP contribution in [0.2, 0.25) is 0 Å². The summed E-state index contributed by atoms with van der Waals surface area (Å²) in [6, 6.07) is 0.474. The van der Waals surface area contributed by atoms with Gasteiger partial charge >= 0.3 is 0 Å². The first-order valence-electron chi connectivity index (χ1n) is 4.40. The van der Waals surface area contributed by atoms with Crippen LogP contribution in [0.25, 0.3) is 0 Å². The molecule has 1 N–H and O–H groups in total. The Hall–Kier alpha value is -0.770. The Morgan fingerprint density at radius 2 is 2.58 bits per heavy atom. The summed E-state index contributed by atoms with van der Waals surface area (Å²) in [5, 5.41) is 7.22. The Balaban J connectivity index is 1.85. The van der Waals surface area contributed by atoms with Crippen LogP contribution in [-0.2, 0) is 9.57 Å². The summed E-state index contributed by atoms with van der Waals surface area (Å²) < 4.78 is 5.00. The van der Waals surface area contributed by atoms with Crippen molar-refractivity contribution in [2.45, 2.75) is 31.4 Å². The van der Waals surface area contributed by atoms with Gasteiger partial charge in [-0.25, -0.2) is 0 Å². The molecule has 0 bridgehead atoms. The molecule has 0 amide bonds. The van der Waals surface area contributed by atoms with Crippen LogP contribution < -0.4 is 5.32 Å². The summed E-state index contributed by atoms with van der Waals surface area (Å²) in [4.78, 5) is 5.24. The Labute approximate surface area is 71.9 Å². The van der Waals surface area contributed by atoms with E-state index in [1.54, 1.807) is 7.11 Å². The lowest BCUT2D eigenvalue weighted by atomic mass is 10.1. The van der Waals surface area contributed by atoms with E-state index < -0.39 is 0 Å². The molecule has 2 atom stereocenters. The largest absolute Gasteiger partial charge is 0.482 e. The first kappa shape index (κ1) is 7.86. The number of ether oxygens (including phenoxy) is 1. The second-order valence-electron chi connectivity index (χ2n) is 3.24. The highest BCUT2D eigenvalue weighted by molar-refractivity contribution is 5.77. The highest BCUT2D eigenvalue weighted by atomic mass is 16.7. The van der Waals surface area contributed by atoms with E-state index in [0.717, 1.165) is 13.0 Å². The zero-order chi connectivity index (χ0) is 8.39. The summed E-state index contributed by atoms with van der Waals surface area (Å²) in [6.45, 7) is 1.10. The van der Waals surface area contributed by atoms with E-state index in [9.17, 15) is 0 Å². The first-order chi connectivity index (χ1) is 5.90. The van der Waals surface area contributed by atoms with Crippen molar-refractivity contribution in [1.29, 1.82) is 0 Å². The highest BCUT2D eigenvalue weighted by Gasteiger charge is 2.31. The van der Waals surface area contributed by atoms with Crippen molar-refractivity contribution >= 4 is 5.90 Å². The third kappa shape index (κ3) is 1.39. The monoisotopic (exact) mass is 170 g/mol. The van der Waals surface area contributed by atoms with Gasteiger partial charge in [-0.05, 0) is 19.4 Å². The summed E-state index contributed by atoms with van der Waals surface area (Å²) >= 11 is 0. The minimum absolute atomic E-state index is 0.197. The summed E-state index contributed by atoms with van der Waals surface area (Å²) in [5.41, 5.74) is 0. The van der Waals surface area contributed by atoms with E-state index in [1.165, 1.54) is 12.8 Å². The molecule has 0 aromatic carbocycles. The van der Waals surface area contributed by atoms with Crippen LogP contribution in [0, 0.1) is 0 Å². The van der Waals surface area contributed by atoms with E-state index >= 15 is 0 Å². The molecular weight excluding hydrogens is 156 g/mol. The number of methoxy groups -OCH3 is 1. The van der Waals surface area contributed by atoms with Crippen LogP contribution in [0.15, 0.2) is 5.16 Å². The molecule has 1 fully saturated rings. The lowest BCUT2D eigenvalue weighted by Crippen LogP contribution is -2.34. The molecule has 0 radical (unpaired) electrons.